The lowest BCUT2D eigenvalue weighted by atomic mass is 9.95. The second-order valence-electron chi connectivity index (χ2n) is 6.72. The maximum atomic E-state index is 12.4. The zero-order chi connectivity index (χ0) is 17.5. The third kappa shape index (κ3) is 3.81. The number of hydrogen-bond acceptors (Lipinski definition) is 3. The van der Waals surface area contributed by atoms with Crippen LogP contribution < -0.4 is 9.62 Å². The van der Waals surface area contributed by atoms with Crippen LogP contribution in [0.25, 0.3) is 0 Å². The minimum absolute atomic E-state index is 0.173. The van der Waals surface area contributed by atoms with E-state index in [1.165, 1.54) is 25.0 Å². The zero-order valence-corrected chi connectivity index (χ0v) is 15.7. The Bertz CT molecular complexity index is 754. The fourth-order valence-electron chi connectivity index (χ4n) is 3.84. The van der Waals surface area contributed by atoms with Gasteiger partial charge in [0.25, 0.3) is 0 Å². The maximum absolute atomic E-state index is 12.4. The Balaban J connectivity index is 1.72. The van der Waals surface area contributed by atoms with Crippen molar-refractivity contribution in [2.75, 3.05) is 17.1 Å². The Kier molecular flexibility index (Phi) is 5.00. The number of hydrogen-bond donors (Lipinski definition) is 1. The van der Waals surface area contributed by atoms with Gasteiger partial charge in [-0.05, 0) is 49.3 Å². The van der Waals surface area contributed by atoms with E-state index < -0.39 is 10.0 Å². The number of benzene rings is 1. The highest BCUT2D eigenvalue weighted by atomic mass is 35.5. The van der Waals surface area contributed by atoms with E-state index in [-0.39, 0.29) is 23.5 Å². The maximum Gasteiger partial charge on any atom is 0.241 e. The number of nitrogens with zero attached hydrogens (tertiary/aromatic N) is 1. The fraction of sp³-hybridized carbons (Fsp3) is 0.562. The van der Waals surface area contributed by atoms with E-state index in [9.17, 15) is 13.2 Å². The summed E-state index contributed by atoms with van der Waals surface area (Å²) in [5.41, 5.74) is 0.329. The monoisotopic (exact) mass is 390 g/mol. The number of carbonyl (C=O) groups excluding carboxylic acids is 1. The molecule has 0 heterocycles. The van der Waals surface area contributed by atoms with Gasteiger partial charge in [-0.25, -0.2) is 8.42 Å². The number of nitrogens with one attached hydrogen (secondary N) is 1. The minimum atomic E-state index is -3.62. The van der Waals surface area contributed by atoms with Crippen LogP contribution in [0.15, 0.2) is 18.2 Å². The molecule has 1 amide bonds. The summed E-state index contributed by atoms with van der Waals surface area (Å²) >= 11 is 11.8. The summed E-state index contributed by atoms with van der Waals surface area (Å²) in [6.07, 6.45) is 5.64. The average molecular weight is 391 g/mol. The topological polar surface area (TPSA) is 66.5 Å². The average Bonchev–Trinajstić information content (AvgIpc) is 3.09. The van der Waals surface area contributed by atoms with Crippen molar-refractivity contribution in [2.45, 2.75) is 31.7 Å². The summed E-state index contributed by atoms with van der Waals surface area (Å²) in [5, 5.41) is 3.58. The van der Waals surface area contributed by atoms with E-state index in [2.05, 4.69) is 5.32 Å². The van der Waals surface area contributed by atoms with E-state index in [0.717, 1.165) is 23.4 Å². The molecule has 1 N–H and O–H groups in total. The molecule has 2 aliphatic rings. The quantitative estimate of drug-likeness (QED) is 0.839. The first-order valence-corrected chi connectivity index (χ1v) is 10.6. The highest BCUT2D eigenvalue weighted by Crippen LogP contribution is 2.44. The number of rotatable bonds is 5. The van der Waals surface area contributed by atoms with Gasteiger partial charge in [0.1, 0.15) is 6.54 Å². The zero-order valence-electron chi connectivity index (χ0n) is 13.3. The summed E-state index contributed by atoms with van der Waals surface area (Å²) in [6.45, 7) is -0.259. The van der Waals surface area contributed by atoms with Crippen molar-refractivity contribution in [3.63, 3.8) is 0 Å². The number of anilines is 1. The molecule has 0 spiro atoms. The van der Waals surface area contributed by atoms with Gasteiger partial charge in [0, 0.05) is 6.04 Å². The van der Waals surface area contributed by atoms with Gasteiger partial charge < -0.3 is 5.32 Å². The number of amides is 1. The van der Waals surface area contributed by atoms with Crippen LogP contribution >= 0.6 is 23.2 Å². The molecule has 24 heavy (non-hydrogen) atoms. The molecule has 1 aromatic carbocycles. The molecule has 3 rings (SSSR count). The molecular weight excluding hydrogens is 371 g/mol. The largest absolute Gasteiger partial charge is 0.352 e. The van der Waals surface area contributed by atoms with Crippen LogP contribution in [0, 0.1) is 11.8 Å². The normalized spacial score (nSPS) is 25.7. The summed E-state index contributed by atoms with van der Waals surface area (Å²) in [7, 11) is -3.62. The molecule has 5 nitrogen and oxygen atoms in total. The Labute approximate surface area is 152 Å². The second kappa shape index (κ2) is 6.73. The van der Waals surface area contributed by atoms with E-state index in [0.29, 0.717) is 22.5 Å². The van der Waals surface area contributed by atoms with Crippen molar-refractivity contribution in [1.29, 1.82) is 0 Å². The molecule has 2 fully saturated rings. The van der Waals surface area contributed by atoms with Crippen molar-refractivity contribution >= 4 is 44.8 Å². The third-order valence-electron chi connectivity index (χ3n) is 4.96. The van der Waals surface area contributed by atoms with Gasteiger partial charge in [0.05, 0.1) is 22.0 Å². The van der Waals surface area contributed by atoms with Crippen LogP contribution in [0.1, 0.15) is 25.7 Å². The van der Waals surface area contributed by atoms with Gasteiger partial charge in [-0.2, -0.15) is 0 Å². The van der Waals surface area contributed by atoms with Crippen LogP contribution in [0.2, 0.25) is 10.0 Å². The van der Waals surface area contributed by atoms with Crippen LogP contribution in [0.3, 0.4) is 0 Å². The van der Waals surface area contributed by atoms with Crippen molar-refractivity contribution < 1.29 is 13.2 Å². The van der Waals surface area contributed by atoms with Crippen LogP contribution in [-0.2, 0) is 14.8 Å². The van der Waals surface area contributed by atoms with Crippen molar-refractivity contribution in [3.05, 3.63) is 28.2 Å². The lowest BCUT2D eigenvalue weighted by Gasteiger charge is -2.26. The number of fused-ring (bicyclic) bond motifs is 2. The van der Waals surface area contributed by atoms with Gasteiger partial charge in [0.2, 0.25) is 15.9 Å². The lowest BCUT2D eigenvalue weighted by Crippen LogP contribution is -2.45. The molecule has 3 atom stereocenters. The standard InChI is InChI=1S/C16H20Cl2N2O3S/c1-24(22,23)20(12-4-5-13(17)14(18)8-12)9-16(21)19-15-7-10-2-3-11(15)6-10/h4-5,8,10-11,15H,2-3,6-7,9H2,1H3,(H,19,21)/t10-,11-,15-/m1/s1. The Hall–Kier alpha value is -0.980. The molecule has 2 aliphatic carbocycles. The smallest absolute Gasteiger partial charge is 0.241 e. The highest BCUT2D eigenvalue weighted by Gasteiger charge is 2.40. The van der Waals surface area contributed by atoms with Gasteiger partial charge in [0.15, 0.2) is 0 Å². The van der Waals surface area contributed by atoms with Gasteiger partial charge in [-0.15, -0.1) is 0 Å². The van der Waals surface area contributed by atoms with Gasteiger partial charge in [-0.1, -0.05) is 29.6 Å². The van der Waals surface area contributed by atoms with Gasteiger partial charge >= 0.3 is 0 Å². The molecule has 0 radical (unpaired) electrons. The number of halogens is 2. The first-order valence-electron chi connectivity index (χ1n) is 7.96. The number of carbonyl (C=O) groups is 1. The molecule has 0 aliphatic heterocycles. The summed E-state index contributed by atoms with van der Waals surface area (Å²) in [4.78, 5) is 12.4. The number of sulfonamides is 1. The van der Waals surface area contributed by atoms with E-state index in [4.69, 9.17) is 23.2 Å². The highest BCUT2D eigenvalue weighted by molar-refractivity contribution is 7.92. The predicted octanol–water partition coefficient (Wildman–Crippen LogP) is 3.06. The van der Waals surface area contributed by atoms with Crippen molar-refractivity contribution in [1.82, 2.24) is 5.32 Å². The predicted molar refractivity (Wildman–Crippen MR) is 96.0 cm³/mol. The van der Waals surface area contributed by atoms with E-state index >= 15 is 0 Å². The molecule has 2 bridgehead atoms. The lowest BCUT2D eigenvalue weighted by molar-refractivity contribution is -0.120. The first kappa shape index (κ1) is 17.8. The molecule has 8 heteroatoms. The van der Waals surface area contributed by atoms with Crippen LogP contribution in [0.5, 0.6) is 0 Å². The summed E-state index contributed by atoms with van der Waals surface area (Å²) < 4.78 is 25.2. The second-order valence-corrected chi connectivity index (χ2v) is 9.44. The first-order chi connectivity index (χ1) is 11.2. The molecule has 0 saturated heterocycles. The third-order valence-corrected chi connectivity index (χ3v) is 6.84. The van der Waals surface area contributed by atoms with E-state index in [1.54, 1.807) is 6.07 Å². The summed E-state index contributed by atoms with van der Waals surface area (Å²) in [6, 6.07) is 4.69. The van der Waals surface area contributed by atoms with Crippen molar-refractivity contribution in [2.24, 2.45) is 11.8 Å². The molecule has 2 saturated carbocycles. The Morgan fingerprint density at radius 2 is 2.00 bits per heavy atom. The van der Waals surface area contributed by atoms with Gasteiger partial charge in [-0.3, -0.25) is 9.10 Å². The van der Waals surface area contributed by atoms with E-state index in [1.807, 2.05) is 0 Å². The van der Waals surface area contributed by atoms with Crippen molar-refractivity contribution in [3.8, 4) is 0 Å². The minimum Gasteiger partial charge on any atom is -0.352 e. The SMILES string of the molecule is CS(=O)(=O)N(CC(=O)N[C@@H]1C[C@@H]2CC[C@@H]1C2)c1ccc(Cl)c(Cl)c1. The van der Waals surface area contributed by atoms with Crippen LogP contribution in [0.4, 0.5) is 5.69 Å². The Morgan fingerprint density at radius 1 is 1.25 bits per heavy atom. The molecule has 0 aromatic heterocycles. The molecule has 1 aromatic rings. The fourth-order valence-corrected chi connectivity index (χ4v) is 4.99. The molecule has 132 valence electrons. The summed E-state index contributed by atoms with van der Waals surface area (Å²) in [5.74, 6) is 0.959. The molecular formula is C16H20Cl2N2O3S. The van der Waals surface area contributed by atoms with Crippen LogP contribution in [-0.4, -0.2) is 33.2 Å². The molecule has 0 unspecified atom stereocenters. The Morgan fingerprint density at radius 3 is 2.54 bits per heavy atom.